The summed E-state index contributed by atoms with van der Waals surface area (Å²) in [5.41, 5.74) is 0.136. The van der Waals surface area contributed by atoms with E-state index in [9.17, 15) is 9.90 Å². The molecule has 1 aliphatic heterocycles. The van der Waals surface area contributed by atoms with Crippen LogP contribution < -0.4 is 0 Å². The van der Waals surface area contributed by atoms with Crippen molar-refractivity contribution in [1.29, 1.82) is 0 Å². The van der Waals surface area contributed by atoms with E-state index in [1.54, 1.807) is 0 Å². The molecule has 0 aromatic carbocycles. The number of aliphatic hydroxyl groups excluding tert-OH is 1. The van der Waals surface area contributed by atoms with Gasteiger partial charge in [0.05, 0.1) is 30.6 Å². The minimum Gasteiger partial charge on any atom is -0.512 e. The number of rotatable bonds is 3. The van der Waals surface area contributed by atoms with Crippen molar-refractivity contribution in [2.24, 2.45) is 0 Å². The summed E-state index contributed by atoms with van der Waals surface area (Å²) in [6, 6.07) is -0.770. The topological polar surface area (TPSA) is 49.8 Å². The molecule has 1 fully saturated rings. The van der Waals surface area contributed by atoms with E-state index in [-0.39, 0.29) is 17.1 Å². The Labute approximate surface area is 121 Å². The number of morpholine rings is 1. The molecule has 0 amide bonds. The van der Waals surface area contributed by atoms with Crippen LogP contribution in [0.4, 0.5) is 0 Å². The van der Waals surface area contributed by atoms with Crippen LogP contribution in [-0.2, 0) is 9.53 Å². The Morgan fingerprint density at radius 3 is 2.11 bits per heavy atom. The summed E-state index contributed by atoms with van der Waals surface area (Å²) in [6.07, 6.45) is 0. The number of allylic oxidation sites excluding steroid dienone is 1. The Hall–Kier alpha value is -0.000000000000000111. The highest BCUT2D eigenvalue weighted by Crippen LogP contribution is 2.38. The Bertz CT molecular complexity index is 342. The molecule has 7 heteroatoms. The molecular weight excluding hydrogens is 300 g/mol. The smallest absolute Gasteiger partial charge is 0.210 e. The van der Waals surface area contributed by atoms with Crippen molar-refractivity contribution in [2.45, 2.75) is 23.7 Å². The second kappa shape index (κ2) is 6.44. The lowest BCUT2D eigenvalue weighted by Crippen LogP contribution is -2.51. The number of hydrogen-bond donors (Lipinski definition) is 1. The Morgan fingerprint density at radius 1 is 1.28 bits per heavy atom. The maximum absolute atomic E-state index is 11.7. The van der Waals surface area contributed by atoms with Crippen LogP contribution in [0.1, 0.15) is 13.8 Å². The van der Waals surface area contributed by atoms with Gasteiger partial charge in [0.15, 0.2) is 5.78 Å². The van der Waals surface area contributed by atoms with Crippen LogP contribution in [-0.4, -0.2) is 51.9 Å². The van der Waals surface area contributed by atoms with Gasteiger partial charge in [0, 0.05) is 13.1 Å². The Balaban J connectivity index is 3.12. The lowest BCUT2D eigenvalue weighted by molar-refractivity contribution is -0.114. The van der Waals surface area contributed by atoms with E-state index in [4.69, 9.17) is 39.5 Å². The average Bonchev–Trinajstić information content (AvgIpc) is 2.24. The fourth-order valence-corrected chi connectivity index (χ4v) is 2.78. The van der Waals surface area contributed by atoms with Crippen molar-refractivity contribution < 1.29 is 14.6 Å². The van der Waals surface area contributed by atoms with Crippen molar-refractivity contribution in [3.63, 3.8) is 0 Å². The SMILES string of the molecule is CC(=O)/C(=C(/C)O)[C@@H](N1CCOCC1)C(Cl)(Cl)Cl. The quantitative estimate of drug-likeness (QED) is 0.494. The van der Waals surface area contributed by atoms with Crippen LogP contribution in [0.25, 0.3) is 0 Å². The van der Waals surface area contributed by atoms with Gasteiger partial charge in [0.25, 0.3) is 0 Å². The summed E-state index contributed by atoms with van der Waals surface area (Å²) >= 11 is 17.9. The first kappa shape index (κ1) is 16.1. The number of aliphatic hydroxyl groups is 1. The van der Waals surface area contributed by atoms with Crippen LogP contribution >= 0.6 is 34.8 Å². The van der Waals surface area contributed by atoms with Gasteiger partial charge in [-0.1, -0.05) is 34.8 Å². The molecule has 0 unspecified atom stereocenters. The maximum atomic E-state index is 11.7. The summed E-state index contributed by atoms with van der Waals surface area (Å²) in [7, 11) is 0. The zero-order valence-corrected chi connectivity index (χ0v) is 12.5. The lowest BCUT2D eigenvalue weighted by atomic mass is 10.0. The van der Waals surface area contributed by atoms with E-state index in [1.807, 2.05) is 4.90 Å². The van der Waals surface area contributed by atoms with Crippen molar-refractivity contribution in [1.82, 2.24) is 4.90 Å². The lowest BCUT2D eigenvalue weighted by Gasteiger charge is -2.38. The number of Topliss-reactive ketones (excluding diaryl/α,β-unsaturated/α-hetero) is 1. The first-order valence-electron chi connectivity index (χ1n) is 5.54. The van der Waals surface area contributed by atoms with Crippen molar-refractivity contribution in [3.8, 4) is 0 Å². The molecule has 1 aliphatic rings. The number of carbonyl (C=O) groups is 1. The molecule has 1 saturated heterocycles. The minimum absolute atomic E-state index is 0.120. The van der Waals surface area contributed by atoms with Gasteiger partial charge in [-0.05, 0) is 13.8 Å². The molecule has 0 saturated carbocycles. The fraction of sp³-hybridized carbons (Fsp3) is 0.727. The molecule has 18 heavy (non-hydrogen) atoms. The molecule has 0 aromatic rings. The van der Waals surface area contributed by atoms with Crippen LogP contribution in [0.3, 0.4) is 0 Å². The number of carbonyl (C=O) groups excluding carboxylic acids is 1. The van der Waals surface area contributed by atoms with Crippen molar-refractivity contribution in [2.75, 3.05) is 26.3 Å². The highest BCUT2D eigenvalue weighted by Gasteiger charge is 2.42. The van der Waals surface area contributed by atoms with E-state index in [2.05, 4.69) is 0 Å². The molecule has 0 aromatic heterocycles. The molecule has 1 N–H and O–H groups in total. The third-order valence-electron chi connectivity index (χ3n) is 2.76. The van der Waals surface area contributed by atoms with Gasteiger partial charge in [0.2, 0.25) is 3.79 Å². The number of nitrogens with zero attached hydrogens (tertiary/aromatic N) is 1. The second-order valence-corrected chi connectivity index (χ2v) is 6.52. The molecule has 1 rings (SSSR count). The van der Waals surface area contributed by atoms with Crippen molar-refractivity contribution >= 4 is 40.6 Å². The standard InChI is InChI=1S/C11H16Cl3NO3/c1-7(16)9(8(2)17)10(11(12,13)14)15-3-5-18-6-4-15/h10,16H,3-6H2,1-2H3/b9-7+/t10-/m1/s1. The van der Waals surface area contributed by atoms with E-state index in [1.165, 1.54) is 13.8 Å². The highest BCUT2D eigenvalue weighted by atomic mass is 35.6. The summed E-state index contributed by atoms with van der Waals surface area (Å²) in [4.78, 5) is 13.5. The Kier molecular flexibility index (Phi) is 5.74. The number of alkyl halides is 3. The zero-order valence-electron chi connectivity index (χ0n) is 10.3. The number of ketones is 1. The average molecular weight is 317 g/mol. The summed E-state index contributed by atoms with van der Waals surface area (Å²) in [5, 5.41) is 9.67. The van der Waals surface area contributed by atoms with Crippen molar-refractivity contribution in [3.05, 3.63) is 11.3 Å². The van der Waals surface area contributed by atoms with Gasteiger partial charge in [-0.25, -0.2) is 0 Å². The van der Waals surface area contributed by atoms with E-state index in [0.717, 1.165) is 0 Å². The molecule has 4 nitrogen and oxygen atoms in total. The van der Waals surface area contributed by atoms with Crippen LogP contribution in [0.15, 0.2) is 11.3 Å². The van der Waals surface area contributed by atoms with Gasteiger partial charge < -0.3 is 9.84 Å². The predicted octanol–water partition coefficient (Wildman–Crippen LogP) is 2.48. The second-order valence-electron chi connectivity index (χ2n) is 4.15. The molecule has 0 bridgehead atoms. The van der Waals surface area contributed by atoms with Crippen LogP contribution in [0.5, 0.6) is 0 Å². The normalized spacial score (nSPS) is 21.4. The largest absolute Gasteiger partial charge is 0.512 e. The molecular formula is C11H16Cl3NO3. The first-order valence-corrected chi connectivity index (χ1v) is 6.67. The van der Waals surface area contributed by atoms with E-state index >= 15 is 0 Å². The zero-order chi connectivity index (χ0) is 13.9. The van der Waals surface area contributed by atoms with E-state index < -0.39 is 9.83 Å². The number of halogens is 3. The van der Waals surface area contributed by atoms with E-state index in [0.29, 0.717) is 26.3 Å². The summed E-state index contributed by atoms with van der Waals surface area (Å²) < 4.78 is 3.54. The van der Waals surface area contributed by atoms with Gasteiger partial charge in [0.1, 0.15) is 0 Å². The molecule has 0 aliphatic carbocycles. The van der Waals surface area contributed by atoms with Gasteiger partial charge in [-0.15, -0.1) is 0 Å². The monoisotopic (exact) mass is 315 g/mol. The molecule has 104 valence electrons. The van der Waals surface area contributed by atoms with Gasteiger partial charge in [-0.3, -0.25) is 9.69 Å². The number of hydrogen-bond acceptors (Lipinski definition) is 4. The number of ether oxygens (including phenoxy) is 1. The maximum Gasteiger partial charge on any atom is 0.210 e. The molecule has 0 radical (unpaired) electrons. The third kappa shape index (κ3) is 4.00. The predicted molar refractivity (Wildman–Crippen MR) is 72.5 cm³/mol. The first-order chi connectivity index (χ1) is 8.25. The summed E-state index contributed by atoms with van der Waals surface area (Å²) in [6.45, 7) is 4.87. The Morgan fingerprint density at radius 2 is 1.78 bits per heavy atom. The van der Waals surface area contributed by atoms with Crippen LogP contribution in [0, 0.1) is 0 Å². The molecule has 0 spiro atoms. The van der Waals surface area contributed by atoms with Gasteiger partial charge in [-0.2, -0.15) is 0 Å². The van der Waals surface area contributed by atoms with Crippen LogP contribution in [0.2, 0.25) is 0 Å². The highest BCUT2D eigenvalue weighted by molar-refractivity contribution is 6.68. The third-order valence-corrected chi connectivity index (χ3v) is 3.38. The molecule has 1 heterocycles. The molecule has 1 atom stereocenters. The minimum atomic E-state index is -1.69. The fourth-order valence-electron chi connectivity index (χ4n) is 2.03. The van der Waals surface area contributed by atoms with Gasteiger partial charge >= 0.3 is 0 Å². The summed E-state index contributed by atoms with van der Waals surface area (Å²) in [5.74, 6) is -0.428.